The maximum Gasteiger partial charge on any atom is 0.416 e. The second-order valence-electron chi connectivity index (χ2n) is 6.72. The van der Waals surface area contributed by atoms with Crippen molar-refractivity contribution in [1.29, 1.82) is 0 Å². The lowest BCUT2D eigenvalue weighted by molar-refractivity contribution is -0.137. The van der Waals surface area contributed by atoms with Crippen LogP contribution in [0.15, 0.2) is 48.7 Å². The van der Waals surface area contributed by atoms with Crippen LogP contribution in [-0.4, -0.2) is 42.3 Å². The fourth-order valence-corrected chi connectivity index (χ4v) is 3.08. The molecule has 2 N–H and O–H groups in total. The number of hydrogen-bond donors (Lipinski definition) is 2. The van der Waals surface area contributed by atoms with Crippen LogP contribution in [0, 0.1) is 5.92 Å². The van der Waals surface area contributed by atoms with E-state index in [1.165, 1.54) is 23.2 Å². The van der Waals surface area contributed by atoms with Gasteiger partial charge in [-0.3, -0.25) is 19.4 Å². The molecule has 1 atom stereocenters. The van der Waals surface area contributed by atoms with Crippen LogP contribution in [0.4, 0.5) is 18.9 Å². The second-order valence-corrected chi connectivity index (χ2v) is 6.72. The lowest BCUT2D eigenvalue weighted by Crippen LogP contribution is -2.38. The van der Waals surface area contributed by atoms with E-state index in [0.29, 0.717) is 0 Å². The number of carbonyl (C=O) groups is 3. The van der Waals surface area contributed by atoms with E-state index in [0.717, 1.165) is 12.1 Å². The van der Waals surface area contributed by atoms with Gasteiger partial charge in [0.05, 0.1) is 11.5 Å². The number of carbonyl (C=O) groups excluding carboxylic acids is 3. The van der Waals surface area contributed by atoms with Crippen molar-refractivity contribution in [2.24, 2.45) is 5.92 Å². The third-order valence-corrected chi connectivity index (χ3v) is 4.59. The molecule has 1 saturated heterocycles. The van der Waals surface area contributed by atoms with E-state index in [-0.39, 0.29) is 43.3 Å². The largest absolute Gasteiger partial charge is 0.416 e. The zero-order valence-electron chi connectivity index (χ0n) is 15.8. The van der Waals surface area contributed by atoms with Crippen LogP contribution in [0.5, 0.6) is 0 Å². The molecule has 0 bridgehead atoms. The number of hydrogen-bond acceptors (Lipinski definition) is 4. The molecule has 0 radical (unpaired) electrons. The molecule has 7 nitrogen and oxygen atoms in total. The van der Waals surface area contributed by atoms with Gasteiger partial charge in [-0.1, -0.05) is 12.1 Å². The molecule has 1 aliphatic rings. The van der Waals surface area contributed by atoms with Crippen molar-refractivity contribution in [2.45, 2.75) is 12.6 Å². The molecule has 2 aromatic rings. The molecule has 1 unspecified atom stereocenters. The number of amides is 3. The Bertz CT molecular complexity index is 934. The SMILES string of the molecule is O=C(NCCNC(=O)C1CC(=O)N(c2cccc(C(F)(F)F)c2)C1)c1ccccn1. The van der Waals surface area contributed by atoms with Gasteiger partial charge in [0, 0.05) is 37.9 Å². The van der Waals surface area contributed by atoms with Crippen LogP contribution in [0.1, 0.15) is 22.5 Å². The summed E-state index contributed by atoms with van der Waals surface area (Å²) in [6.45, 7) is 0.303. The summed E-state index contributed by atoms with van der Waals surface area (Å²) in [6, 6.07) is 9.36. The molecular formula is C20H19F3N4O3. The zero-order chi connectivity index (χ0) is 21.7. The van der Waals surface area contributed by atoms with E-state index in [1.807, 2.05) is 0 Å². The fourth-order valence-electron chi connectivity index (χ4n) is 3.08. The third-order valence-electron chi connectivity index (χ3n) is 4.59. The summed E-state index contributed by atoms with van der Waals surface area (Å²) in [5.74, 6) is -1.88. The van der Waals surface area contributed by atoms with Gasteiger partial charge < -0.3 is 15.5 Å². The van der Waals surface area contributed by atoms with E-state index in [9.17, 15) is 27.6 Å². The smallest absolute Gasteiger partial charge is 0.354 e. The number of anilines is 1. The summed E-state index contributed by atoms with van der Waals surface area (Å²) < 4.78 is 38.7. The number of nitrogens with one attached hydrogen (secondary N) is 2. The van der Waals surface area contributed by atoms with E-state index in [2.05, 4.69) is 15.6 Å². The number of rotatable bonds is 6. The van der Waals surface area contributed by atoms with Crippen LogP contribution in [0.3, 0.4) is 0 Å². The van der Waals surface area contributed by atoms with Gasteiger partial charge in [0.15, 0.2) is 0 Å². The molecular weight excluding hydrogens is 401 g/mol. The molecule has 0 spiro atoms. The summed E-state index contributed by atoms with van der Waals surface area (Å²) >= 11 is 0. The molecule has 2 heterocycles. The highest BCUT2D eigenvalue weighted by molar-refractivity contribution is 6.00. The minimum absolute atomic E-state index is 0.00767. The highest BCUT2D eigenvalue weighted by Gasteiger charge is 2.36. The fraction of sp³-hybridized carbons (Fsp3) is 0.300. The quantitative estimate of drug-likeness (QED) is 0.700. The maximum atomic E-state index is 12.9. The summed E-state index contributed by atoms with van der Waals surface area (Å²) in [5.41, 5.74) is -0.501. The van der Waals surface area contributed by atoms with Crippen molar-refractivity contribution in [2.75, 3.05) is 24.5 Å². The average molecular weight is 420 g/mol. The van der Waals surface area contributed by atoms with Gasteiger partial charge in [0.1, 0.15) is 5.69 Å². The lowest BCUT2D eigenvalue weighted by atomic mass is 10.1. The topological polar surface area (TPSA) is 91.4 Å². The molecule has 158 valence electrons. The second kappa shape index (κ2) is 8.93. The Balaban J connectivity index is 1.50. The van der Waals surface area contributed by atoms with Gasteiger partial charge in [-0.2, -0.15) is 13.2 Å². The Kier molecular flexibility index (Phi) is 6.34. The van der Waals surface area contributed by atoms with Gasteiger partial charge in [-0.05, 0) is 30.3 Å². The number of benzene rings is 1. The molecule has 1 aliphatic heterocycles. The standard InChI is InChI=1S/C20H19F3N4O3/c21-20(22,23)14-4-3-5-15(11-14)27-12-13(10-17(27)28)18(29)25-8-9-26-19(30)16-6-1-2-7-24-16/h1-7,11,13H,8-10,12H2,(H,25,29)(H,26,30). The Morgan fingerprint density at radius 3 is 2.57 bits per heavy atom. The first-order valence-electron chi connectivity index (χ1n) is 9.20. The Labute approximate surface area is 170 Å². The molecule has 10 heteroatoms. The van der Waals surface area contributed by atoms with Gasteiger partial charge in [0.2, 0.25) is 11.8 Å². The van der Waals surface area contributed by atoms with Crippen molar-refractivity contribution >= 4 is 23.4 Å². The molecule has 1 fully saturated rings. The first-order valence-corrected chi connectivity index (χ1v) is 9.20. The van der Waals surface area contributed by atoms with Crippen LogP contribution in [0.2, 0.25) is 0 Å². The Hall–Kier alpha value is -3.43. The molecule has 30 heavy (non-hydrogen) atoms. The lowest BCUT2D eigenvalue weighted by Gasteiger charge is -2.18. The molecule has 1 aromatic carbocycles. The Morgan fingerprint density at radius 2 is 1.87 bits per heavy atom. The predicted octanol–water partition coefficient (Wildman–Crippen LogP) is 2.00. The van der Waals surface area contributed by atoms with E-state index < -0.39 is 29.5 Å². The van der Waals surface area contributed by atoms with Crippen molar-refractivity contribution in [3.8, 4) is 0 Å². The van der Waals surface area contributed by atoms with Crippen LogP contribution >= 0.6 is 0 Å². The molecule has 1 aromatic heterocycles. The van der Waals surface area contributed by atoms with Gasteiger partial charge >= 0.3 is 6.18 Å². The van der Waals surface area contributed by atoms with E-state index in [1.54, 1.807) is 18.2 Å². The molecule has 0 aliphatic carbocycles. The highest BCUT2D eigenvalue weighted by Crippen LogP contribution is 2.33. The normalized spacial score (nSPS) is 16.4. The monoisotopic (exact) mass is 420 g/mol. The van der Waals surface area contributed by atoms with E-state index >= 15 is 0 Å². The van der Waals surface area contributed by atoms with Gasteiger partial charge in [-0.15, -0.1) is 0 Å². The number of aromatic nitrogens is 1. The van der Waals surface area contributed by atoms with Crippen molar-refractivity contribution in [3.05, 3.63) is 59.9 Å². The third kappa shape index (κ3) is 5.13. The van der Waals surface area contributed by atoms with Gasteiger partial charge in [0.25, 0.3) is 5.91 Å². The first kappa shape index (κ1) is 21.3. The number of nitrogens with zero attached hydrogens (tertiary/aromatic N) is 2. The maximum absolute atomic E-state index is 12.9. The van der Waals surface area contributed by atoms with Crippen molar-refractivity contribution in [3.63, 3.8) is 0 Å². The first-order chi connectivity index (χ1) is 14.3. The summed E-state index contributed by atoms with van der Waals surface area (Å²) in [5, 5.41) is 5.24. The molecule has 3 rings (SSSR count). The van der Waals surface area contributed by atoms with Crippen molar-refractivity contribution in [1.82, 2.24) is 15.6 Å². The molecule has 3 amide bonds. The number of halogens is 3. The van der Waals surface area contributed by atoms with Crippen LogP contribution in [0.25, 0.3) is 0 Å². The van der Waals surface area contributed by atoms with Crippen LogP contribution < -0.4 is 15.5 Å². The minimum Gasteiger partial charge on any atom is -0.354 e. The number of pyridine rings is 1. The minimum atomic E-state index is -4.52. The van der Waals surface area contributed by atoms with Gasteiger partial charge in [-0.25, -0.2) is 0 Å². The summed E-state index contributed by atoms with van der Waals surface area (Å²) in [4.78, 5) is 41.5. The van der Waals surface area contributed by atoms with Crippen LogP contribution in [-0.2, 0) is 15.8 Å². The summed E-state index contributed by atoms with van der Waals surface area (Å²) in [7, 11) is 0. The Morgan fingerprint density at radius 1 is 1.10 bits per heavy atom. The average Bonchev–Trinajstić information content (AvgIpc) is 3.13. The summed E-state index contributed by atoms with van der Waals surface area (Å²) in [6.07, 6.45) is -3.12. The zero-order valence-corrected chi connectivity index (χ0v) is 15.8. The molecule has 0 saturated carbocycles. The highest BCUT2D eigenvalue weighted by atomic mass is 19.4. The van der Waals surface area contributed by atoms with Crippen molar-refractivity contribution < 1.29 is 27.6 Å². The predicted molar refractivity (Wildman–Crippen MR) is 101 cm³/mol. The number of alkyl halides is 3. The van der Waals surface area contributed by atoms with E-state index in [4.69, 9.17) is 0 Å².